The molecule has 2 heteroatoms. The van der Waals surface area contributed by atoms with Crippen molar-refractivity contribution in [3.8, 4) is 0 Å². The van der Waals surface area contributed by atoms with Crippen LogP contribution in [0.3, 0.4) is 0 Å². The van der Waals surface area contributed by atoms with Crippen molar-refractivity contribution in [2.75, 3.05) is 0 Å². The van der Waals surface area contributed by atoms with Crippen molar-refractivity contribution in [3.63, 3.8) is 0 Å². The van der Waals surface area contributed by atoms with Crippen LogP contribution in [-0.4, -0.2) is 9.55 Å². The van der Waals surface area contributed by atoms with E-state index in [0.717, 1.165) is 5.69 Å². The smallest absolute Gasteiger partial charge is 0.0951 e. The molecule has 0 saturated heterocycles. The van der Waals surface area contributed by atoms with Crippen molar-refractivity contribution in [1.82, 2.24) is 9.55 Å². The molecule has 0 spiro atoms. The molecule has 0 unspecified atom stereocenters. The highest BCUT2D eigenvalue weighted by Crippen LogP contribution is 2.05. The molecule has 1 aromatic heterocycles. The summed E-state index contributed by atoms with van der Waals surface area (Å²) in [5, 5.41) is 0. The molecule has 0 aliphatic rings. The quantitative estimate of drug-likeness (QED) is 0.637. The van der Waals surface area contributed by atoms with Crippen molar-refractivity contribution in [3.05, 3.63) is 36.9 Å². The lowest BCUT2D eigenvalue weighted by Crippen LogP contribution is -1.88. The van der Waals surface area contributed by atoms with Crippen LogP contribution < -0.4 is 0 Å². The third kappa shape index (κ3) is 8.04. The number of rotatable bonds is 1. The van der Waals surface area contributed by atoms with Crippen LogP contribution in [0.4, 0.5) is 0 Å². The third-order valence-electron chi connectivity index (χ3n) is 1.50. The standard InChI is InChI=1S/C8H12N2.2C2H6.C2H4/c1-4-5-8-7(2)9-6-10(8)3;3*1-2/h4-6H,1-3H3;2*1-2H3;1-2H2/b5-4-;;;. The van der Waals surface area contributed by atoms with E-state index in [4.69, 9.17) is 0 Å². The highest BCUT2D eigenvalue weighted by atomic mass is 15.0. The van der Waals surface area contributed by atoms with E-state index in [2.05, 4.69) is 24.2 Å². The number of hydrogen-bond acceptors (Lipinski definition) is 1. The molecule has 0 bridgehead atoms. The second-order valence-corrected chi connectivity index (χ2v) is 2.33. The Morgan fingerprint density at radius 1 is 1.19 bits per heavy atom. The Morgan fingerprint density at radius 2 is 1.62 bits per heavy atom. The van der Waals surface area contributed by atoms with Crippen molar-refractivity contribution >= 4 is 6.08 Å². The van der Waals surface area contributed by atoms with E-state index >= 15 is 0 Å². The molecule has 0 saturated carbocycles. The monoisotopic (exact) mass is 224 g/mol. The van der Waals surface area contributed by atoms with Crippen LogP contribution in [-0.2, 0) is 7.05 Å². The third-order valence-corrected chi connectivity index (χ3v) is 1.50. The van der Waals surface area contributed by atoms with Crippen LogP contribution in [0.2, 0.25) is 0 Å². The average molecular weight is 224 g/mol. The fourth-order valence-corrected chi connectivity index (χ4v) is 0.953. The first-order valence-electron chi connectivity index (χ1n) is 5.86. The van der Waals surface area contributed by atoms with Gasteiger partial charge in [0, 0.05) is 7.05 Å². The molecule has 16 heavy (non-hydrogen) atoms. The lowest BCUT2D eigenvalue weighted by molar-refractivity contribution is 0.901. The Balaban J connectivity index is -0.000000245. The lowest BCUT2D eigenvalue weighted by atomic mass is 10.3. The summed E-state index contributed by atoms with van der Waals surface area (Å²) < 4.78 is 2.01. The Hall–Kier alpha value is -1.31. The molecule has 1 rings (SSSR count). The molecule has 0 amide bonds. The van der Waals surface area contributed by atoms with Crippen molar-refractivity contribution in [1.29, 1.82) is 0 Å². The first-order valence-corrected chi connectivity index (χ1v) is 5.86. The maximum absolute atomic E-state index is 4.15. The number of aryl methyl sites for hydroxylation is 2. The van der Waals surface area contributed by atoms with Crippen LogP contribution >= 0.6 is 0 Å². The second kappa shape index (κ2) is 16.1. The molecule has 0 aliphatic carbocycles. The van der Waals surface area contributed by atoms with Gasteiger partial charge >= 0.3 is 0 Å². The van der Waals surface area contributed by atoms with E-state index in [0.29, 0.717) is 0 Å². The Labute approximate surface area is 102 Å². The minimum atomic E-state index is 1.08. The molecule has 0 aliphatic heterocycles. The zero-order valence-corrected chi connectivity index (χ0v) is 12.0. The predicted octanol–water partition coefficient (Wildman–Crippen LogP) is 4.62. The van der Waals surface area contributed by atoms with Crippen LogP contribution in [0.15, 0.2) is 25.6 Å². The van der Waals surface area contributed by atoms with Gasteiger partial charge in [-0.1, -0.05) is 33.8 Å². The maximum Gasteiger partial charge on any atom is 0.0951 e. The number of aromatic nitrogens is 2. The summed E-state index contributed by atoms with van der Waals surface area (Å²) in [7, 11) is 2.00. The fourth-order valence-electron chi connectivity index (χ4n) is 0.953. The maximum atomic E-state index is 4.15. The topological polar surface area (TPSA) is 17.8 Å². The summed E-state index contributed by atoms with van der Waals surface area (Å²) in [6.07, 6.45) is 5.90. The van der Waals surface area contributed by atoms with Gasteiger partial charge < -0.3 is 4.57 Å². The van der Waals surface area contributed by atoms with Gasteiger partial charge in [0.25, 0.3) is 0 Å². The molecular formula is C14H28N2. The molecule has 0 fully saturated rings. The molecular weight excluding hydrogens is 196 g/mol. The molecule has 1 aromatic rings. The van der Waals surface area contributed by atoms with Crippen molar-refractivity contribution < 1.29 is 0 Å². The second-order valence-electron chi connectivity index (χ2n) is 2.33. The minimum Gasteiger partial charge on any atom is -0.334 e. The Morgan fingerprint density at radius 3 is 1.88 bits per heavy atom. The lowest BCUT2D eigenvalue weighted by Gasteiger charge is -1.94. The molecule has 1 heterocycles. The van der Waals surface area contributed by atoms with E-state index in [-0.39, 0.29) is 0 Å². The zero-order chi connectivity index (χ0) is 13.6. The summed E-state index contributed by atoms with van der Waals surface area (Å²) in [4.78, 5) is 4.15. The van der Waals surface area contributed by atoms with Crippen LogP contribution in [0.5, 0.6) is 0 Å². The van der Waals surface area contributed by atoms with Crippen LogP contribution in [0.25, 0.3) is 6.08 Å². The SMILES string of the molecule is C/C=C\c1c(C)ncn1C.C=C.CC.CC. The van der Waals surface area contributed by atoms with Gasteiger partial charge in [0.2, 0.25) is 0 Å². The van der Waals surface area contributed by atoms with Crippen LogP contribution in [0.1, 0.15) is 46.0 Å². The normalized spacial score (nSPS) is 7.94. The van der Waals surface area contributed by atoms with E-state index in [1.54, 1.807) is 0 Å². The molecule has 0 aromatic carbocycles. The van der Waals surface area contributed by atoms with Gasteiger partial charge in [-0.15, -0.1) is 13.2 Å². The summed E-state index contributed by atoms with van der Waals surface area (Å²) in [5.41, 5.74) is 2.27. The summed E-state index contributed by atoms with van der Waals surface area (Å²) in [6.45, 7) is 18.0. The van der Waals surface area contributed by atoms with Gasteiger partial charge in [0.05, 0.1) is 17.7 Å². The average Bonchev–Trinajstić information content (AvgIpc) is 2.69. The van der Waals surface area contributed by atoms with Gasteiger partial charge in [-0.05, 0) is 19.9 Å². The van der Waals surface area contributed by atoms with Gasteiger partial charge in [-0.25, -0.2) is 4.98 Å². The Kier molecular flexibility index (Phi) is 20.3. The zero-order valence-electron chi connectivity index (χ0n) is 12.0. The number of hydrogen-bond donors (Lipinski definition) is 0. The Bertz CT molecular complexity index is 240. The summed E-state index contributed by atoms with van der Waals surface area (Å²) in [6, 6.07) is 0. The molecule has 2 nitrogen and oxygen atoms in total. The predicted molar refractivity (Wildman–Crippen MR) is 76.6 cm³/mol. The number of allylic oxidation sites excluding steroid dienone is 1. The first-order chi connectivity index (χ1) is 7.75. The first kappa shape index (κ1) is 20.1. The van der Waals surface area contributed by atoms with Crippen molar-refractivity contribution in [2.24, 2.45) is 7.05 Å². The van der Waals surface area contributed by atoms with Crippen LogP contribution in [0, 0.1) is 6.92 Å². The molecule has 0 N–H and O–H groups in total. The molecule has 0 atom stereocenters. The van der Waals surface area contributed by atoms with E-state index < -0.39 is 0 Å². The molecule has 94 valence electrons. The summed E-state index contributed by atoms with van der Waals surface area (Å²) >= 11 is 0. The van der Waals surface area contributed by atoms with Gasteiger partial charge in [-0.2, -0.15) is 0 Å². The fraction of sp³-hybridized carbons (Fsp3) is 0.500. The van der Waals surface area contributed by atoms with Gasteiger partial charge in [-0.3, -0.25) is 0 Å². The summed E-state index contributed by atoms with van der Waals surface area (Å²) in [5.74, 6) is 0. The van der Waals surface area contributed by atoms with E-state index in [1.165, 1.54) is 5.69 Å². The largest absolute Gasteiger partial charge is 0.334 e. The van der Waals surface area contributed by atoms with Gasteiger partial charge in [0.15, 0.2) is 0 Å². The van der Waals surface area contributed by atoms with Crippen molar-refractivity contribution in [2.45, 2.75) is 41.5 Å². The van der Waals surface area contributed by atoms with Gasteiger partial charge in [0.1, 0.15) is 0 Å². The highest BCUT2D eigenvalue weighted by Gasteiger charge is 1.97. The minimum absolute atomic E-state index is 1.08. The highest BCUT2D eigenvalue weighted by molar-refractivity contribution is 5.46. The number of imidazole rings is 1. The van der Waals surface area contributed by atoms with E-state index in [1.807, 2.05) is 65.6 Å². The van der Waals surface area contributed by atoms with E-state index in [9.17, 15) is 0 Å². The molecule has 0 radical (unpaired) electrons. The number of nitrogens with zero attached hydrogens (tertiary/aromatic N) is 2.